The monoisotopic (exact) mass is 229 g/mol. The van der Waals surface area contributed by atoms with Crippen molar-refractivity contribution in [2.45, 2.75) is 32.7 Å². The number of rotatable bonds is 4. The maximum Gasteiger partial charge on any atom is 0.108 e. The topological polar surface area (TPSA) is 39.2 Å². The molecule has 2 aromatic rings. The van der Waals surface area contributed by atoms with Crippen LogP contribution in [0.1, 0.15) is 35.4 Å². The zero-order valence-electron chi connectivity index (χ0n) is 10.4. The van der Waals surface area contributed by atoms with Gasteiger partial charge in [0.15, 0.2) is 0 Å². The van der Waals surface area contributed by atoms with Gasteiger partial charge in [-0.05, 0) is 30.5 Å². The molecule has 0 spiro atoms. The van der Waals surface area contributed by atoms with Crippen LogP contribution in [-0.2, 0) is 12.8 Å². The molecule has 0 aliphatic rings. The number of aryl methyl sites for hydroxylation is 2. The third kappa shape index (κ3) is 2.59. The van der Waals surface area contributed by atoms with E-state index in [1.807, 2.05) is 6.07 Å². The predicted octanol–water partition coefficient (Wildman–Crippen LogP) is 3.39. The molecule has 1 aromatic heterocycles. The lowest BCUT2D eigenvalue weighted by Gasteiger charge is -2.13. The predicted molar refractivity (Wildman–Crippen MR) is 69.9 cm³/mol. The van der Waals surface area contributed by atoms with Crippen molar-refractivity contribution in [1.29, 1.82) is 0 Å². The summed E-state index contributed by atoms with van der Waals surface area (Å²) in [4.78, 5) is 0. The normalized spacial score (nSPS) is 12.6. The molecule has 1 unspecified atom stereocenters. The summed E-state index contributed by atoms with van der Waals surface area (Å²) in [5.74, 6) is 1.01. The molecular formula is C15H19NO. The van der Waals surface area contributed by atoms with Crippen LogP contribution >= 0.6 is 0 Å². The average molecular weight is 229 g/mol. The number of hydrogen-bond donors (Lipinski definition) is 1. The van der Waals surface area contributed by atoms with Crippen LogP contribution in [0.3, 0.4) is 0 Å². The summed E-state index contributed by atoms with van der Waals surface area (Å²) in [5.41, 5.74) is 10.00. The highest BCUT2D eigenvalue weighted by atomic mass is 16.3. The lowest BCUT2D eigenvalue weighted by Crippen LogP contribution is -2.14. The molecule has 0 saturated heterocycles. The van der Waals surface area contributed by atoms with Crippen LogP contribution in [0.2, 0.25) is 0 Å². The van der Waals surface area contributed by atoms with Crippen molar-refractivity contribution >= 4 is 0 Å². The largest absolute Gasteiger partial charge is 0.469 e. The second kappa shape index (κ2) is 5.19. The second-order valence-electron chi connectivity index (χ2n) is 4.39. The third-order valence-electron chi connectivity index (χ3n) is 3.20. The molecule has 1 aromatic carbocycles. The summed E-state index contributed by atoms with van der Waals surface area (Å²) in [5, 5.41) is 0. The fourth-order valence-corrected chi connectivity index (χ4v) is 2.15. The molecule has 0 bridgehead atoms. The van der Waals surface area contributed by atoms with Gasteiger partial charge in [0.2, 0.25) is 0 Å². The summed E-state index contributed by atoms with van der Waals surface area (Å²) in [6.07, 6.45) is 3.48. The van der Waals surface area contributed by atoms with E-state index < -0.39 is 0 Å². The first kappa shape index (κ1) is 11.9. The van der Waals surface area contributed by atoms with Gasteiger partial charge in [-0.3, -0.25) is 0 Å². The average Bonchev–Trinajstić information content (AvgIpc) is 2.80. The van der Waals surface area contributed by atoms with Crippen LogP contribution in [0.25, 0.3) is 0 Å². The zero-order chi connectivity index (χ0) is 12.3. The molecule has 2 N–H and O–H groups in total. The summed E-state index contributed by atoms with van der Waals surface area (Å²) in [7, 11) is 0. The van der Waals surface area contributed by atoms with E-state index in [0.29, 0.717) is 0 Å². The van der Waals surface area contributed by atoms with E-state index in [-0.39, 0.29) is 6.04 Å². The van der Waals surface area contributed by atoms with Crippen molar-refractivity contribution < 1.29 is 4.42 Å². The van der Waals surface area contributed by atoms with E-state index in [0.717, 1.165) is 24.2 Å². The molecule has 0 amide bonds. The van der Waals surface area contributed by atoms with Crippen molar-refractivity contribution in [3.63, 3.8) is 0 Å². The molecular weight excluding hydrogens is 210 g/mol. The Hall–Kier alpha value is -1.54. The van der Waals surface area contributed by atoms with Gasteiger partial charge < -0.3 is 10.2 Å². The van der Waals surface area contributed by atoms with E-state index in [2.05, 4.69) is 38.1 Å². The first-order valence-corrected chi connectivity index (χ1v) is 6.08. The molecule has 0 aliphatic heterocycles. The molecule has 17 heavy (non-hydrogen) atoms. The maximum absolute atomic E-state index is 6.26. The first-order chi connectivity index (χ1) is 8.22. The van der Waals surface area contributed by atoms with Gasteiger partial charge in [-0.25, -0.2) is 0 Å². The van der Waals surface area contributed by atoms with E-state index in [1.165, 1.54) is 11.1 Å². The SMILES string of the molecule is CCc1occc1C(N)Cc1ccccc1C. The Balaban J connectivity index is 2.17. The van der Waals surface area contributed by atoms with E-state index in [9.17, 15) is 0 Å². The Labute approximate surface area is 102 Å². The molecule has 1 heterocycles. The molecule has 0 radical (unpaired) electrons. The number of furan rings is 1. The number of benzene rings is 1. The van der Waals surface area contributed by atoms with E-state index in [1.54, 1.807) is 6.26 Å². The Morgan fingerprint density at radius 1 is 1.24 bits per heavy atom. The lowest BCUT2D eigenvalue weighted by atomic mass is 9.96. The molecule has 2 heteroatoms. The van der Waals surface area contributed by atoms with Gasteiger partial charge in [0.25, 0.3) is 0 Å². The molecule has 2 rings (SSSR count). The number of nitrogens with two attached hydrogens (primary N) is 1. The minimum Gasteiger partial charge on any atom is -0.469 e. The lowest BCUT2D eigenvalue weighted by molar-refractivity contribution is 0.505. The summed E-state index contributed by atoms with van der Waals surface area (Å²) < 4.78 is 5.42. The van der Waals surface area contributed by atoms with Crippen molar-refractivity contribution in [2.75, 3.05) is 0 Å². The molecule has 90 valence electrons. The van der Waals surface area contributed by atoms with Crippen LogP contribution in [-0.4, -0.2) is 0 Å². The van der Waals surface area contributed by atoms with Gasteiger partial charge in [0, 0.05) is 18.0 Å². The quantitative estimate of drug-likeness (QED) is 0.872. The van der Waals surface area contributed by atoms with Crippen molar-refractivity contribution in [3.8, 4) is 0 Å². The fraction of sp³-hybridized carbons (Fsp3) is 0.333. The second-order valence-corrected chi connectivity index (χ2v) is 4.39. The molecule has 1 atom stereocenters. The van der Waals surface area contributed by atoms with Gasteiger partial charge in [-0.2, -0.15) is 0 Å². The van der Waals surface area contributed by atoms with Gasteiger partial charge in [-0.15, -0.1) is 0 Å². The molecule has 0 fully saturated rings. The Morgan fingerprint density at radius 2 is 2.00 bits per heavy atom. The van der Waals surface area contributed by atoms with Crippen LogP contribution in [0.4, 0.5) is 0 Å². The van der Waals surface area contributed by atoms with Gasteiger partial charge >= 0.3 is 0 Å². The van der Waals surface area contributed by atoms with Crippen LogP contribution in [0.15, 0.2) is 41.0 Å². The van der Waals surface area contributed by atoms with Crippen LogP contribution < -0.4 is 5.73 Å². The summed E-state index contributed by atoms with van der Waals surface area (Å²) >= 11 is 0. The zero-order valence-corrected chi connectivity index (χ0v) is 10.4. The molecule has 2 nitrogen and oxygen atoms in total. The van der Waals surface area contributed by atoms with E-state index in [4.69, 9.17) is 10.2 Å². The highest BCUT2D eigenvalue weighted by Gasteiger charge is 2.14. The summed E-state index contributed by atoms with van der Waals surface area (Å²) in [6.45, 7) is 4.21. The Kier molecular flexibility index (Phi) is 3.64. The molecule has 0 aliphatic carbocycles. The van der Waals surface area contributed by atoms with Crippen molar-refractivity contribution in [1.82, 2.24) is 0 Å². The number of hydrogen-bond acceptors (Lipinski definition) is 2. The smallest absolute Gasteiger partial charge is 0.108 e. The summed E-state index contributed by atoms with van der Waals surface area (Å²) in [6, 6.07) is 10.4. The van der Waals surface area contributed by atoms with Gasteiger partial charge in [-0.1, -0.05) is 31.2 Å². The fourth-order valence-electron chi connectivity index (χ4n) is 2.15. The van der Waals surface area contributed by atoms with Crippen LogP contribution in [0, 0.1) is 6.92 Å². The van der Waals surface area contributed by atoms with Crippen LogP contribution in [0.5, 0.6) is 0 Å². The van der Waals surface area contributed by atoms with Gasteiger partial charge in [0.1, 0.15) is 5.76 Å². The van der Waals surface area contributed by atoms with Crippen molar-refractivity contribution in [3.05, 3.63) is 59.0 Å². The maximum atomic E-state index is 6.26. The minimum absolute atomic E-state index is 0.0183. The minimum atomic E-state index is 0.0183. The highest BCUT2D eigenvalue weighted by Crippen LogP contribution is 2.22. The van der Waals surface area contributed by atoms with Crippen molar-refractivity contribution in [2.24, 2.45) is 5.73 Å². The molecule has 0 saturated carbocycles. The third-order valence-corrected chi connectivity index (χ3v) is 3.20. The highest BCUT2D eigenvalue weighted by molar-refractivity contribution is 5.29. The Bertz CT molecular complexity index is 487. The van der Waals surface area contributed by atoms with Gasteiger partial charge in [0.05, 0.1) is 6.26 Å². The first-order valence-electron chi connectivity index (χ1n) is 6.08. The Morgan fingerprint density at radius 3 is 2.71 bits per heavy atom. The van der Waals surface area contributed by atoms with E-state index >= 15 is 0 Å². The standard InChI is InChI=1S/C15H19NO/c1-3-15-13(8-9-17-15)14(16)10-12-7-5-4-6-11(12)2/h4-9,14H,3,10,16H2,1-2H3.